The van der Waals surface area contributed by atoms with Crippen molar-refractivity contribution in [3.63, 3.8) is 0 Å². The third-order valence-corrected chi connectivity index (χ3v) is 1.87. The highest BCUT2D eigenvalue weighted by atomic mass is 16.6. The van der Waals surface area contributed by atoms with Crippen molar-refractivity contribution in [3.8, 4) is 0 Å². The zero-order valence-corrected chi connectivity index (χ0v) is 6.65. The highest BCUT2D eigenvalue weighted by molar-refractivity contribution is 5.69. The summed E-state index contributed by atoms with van der Waals surface area (Å²) in [5.41, 5.74) is 0.911. The molecule has 1 N–H and O–H groups in total. The molecule has 1 atom stereocenters. The quantitative estimate of drug-likeness (QED) is 0.650. The molecule has 0 bridgehead atoms. The molecular weight excluding hydrogens is 158 g/mol. The summed E-state index contributed by atoms with van der Waals surface area (Å²) in [6, 6.07) is 1.84. The van der Waals surface area contributed by atoms with Gasteiger partial charge in [0, 0.05) is 13.2 Å². The summed E-state index contributed by atoms with van der Waals surface area (Å²) in [6.45, 7) is 0.526. The van der Waals surface area contributed by atoms with Crippen molar-refractivity contribution in [2.75, 3.05) is 6.54 Å². The summed E-state index contributed by atoms with van der Waals surface area (Å²) in [5.74, 6) is 0. The summed E-state index contributed by atoms with van der Waals surface area (Å²) in [7, 11) is 1.82. The van der Waals surface area contributed by atoms with Gasteiger partial charge in [0.25, 0.3) is 0 Å². The van der Waals surface area contributed by atoms with E-state index < -0.39 is 0 Å². The van der Waals surface area contributed by atoms with E-state index in [9.17, 15) is 4.79 Å². The molecule has 2 heterocycles. The van der Waals surface area contributed by atoms with Gasteiger partial charge in [-0.05, 0) is 6.07 Å². The molecule has 0 aromatic carbocycles. The maximum atomic E-state index is 10.7. The van der Waals surface area contributed by atoms with Crippen LogP contribution in [0.4, 0.5) is 4.79 Å². The fraction of sp³-hybridized carbons (Fsp3) is 0.429. The maximum Gasteiger partial charge on any atom is 0.408 e. The van der Waals surface area contributed by atoms with E-state index in [2.05, 4.69) is 10.4 Å². The summed E-state index contributed by atoms with van der Waals surface area (Å²) in [6.07, 6.45) is 1.13. The molecule has 5 heteroatoms. The monoisotopic (exact) mass is 167 g/mol. The van der Waals surface area contributed by atoms with Gasteiger partial charge in [0.15, 0.2) is 6.10 Å². The van der Waals surface area contributed by atoms with Crippen LogP contribution in [-0.2, 0) is 11.8 Å². The second kappa shape index (κ2) is 2.51. The normalized spacial score (nSPS) is 22.1. The van der Waals surface area contributed by atoms with Crippen molar-refractivity contribution in [1.29, 1.82) is 0 Å². The number of nitrogens with one attached hydrogen (secondary N) is 1. The maximum absolute atomic E-state index is 10.7. The molecule has 64 valence electrons. The summed E-state index contributed by atoms with van der Waals surface area (Å²) < 4.78 is 6.68. The number of carbonyl (C=O) groups excluding carboxylic acids is 1. The molecule has 12 heavy (non-hydrogen) atoms. The number of aromatic nitrogens is 2. The molecule has 0 aliphatic carbocycles. The number of nitrogens with zero attached hydrogens (tertiary/aromatic N) is 2. The molecule has 1 fully saturated rings. The zero-order chi connectivity index (χ0) is 8.55. The standard InChI is InChI=1S/C7H9N3O2/c1-10-5(2-3-9-10)6-4-8-7(11)12-6/h2-3,6H,4H2,1H3,(H,8,11). The molecule has 0 radical (unpaired) electrons. The number of hydrogen-bond acceptors (Lipinski definition) is 3. The predicted octanol–water partition coefficient (Wildman–Crippen LogP) is 0.201. The minimum atomic E-state index is -0.360. The lowest BCUT2D eigenvalue weighted by atomic mass is 10.2. The molecule has 1 aromatic rings. The lowest BCUT2D eigenvalue weighted by Crippen LogP contribution is -2.13. The number of aryl methyl sites for hydroxylation is 1. The Bertz CT molecular complexity index is 307. The lowest BCUT2D eigenvalue weighted by molar-refractivity contribution is 0.137. The fourth-order valence-corrected chi connectivity index (χ4v) is 1.25. The second-order valence-corrected chi connectivity index (χ2v) is 2.65. The van der Waals surface area contributed by atoms with E-state index in [1.54, 1.807) is 10.9 Å². The van der Waals surface area contributed by atoms with E-state index in [0.29, 0.717) is 6.54 Å². The number of ether oxygens (including phenoxy) is 1. The van der Waals surface area contributed by atoms with Gasteiger partial charge in [0.2, 0.25) is 0 Å². The van der Waals surface area contributed by atoms with Crippen molar-refractivity contribution in [2.45, 2.75) is 6.10 Å². The third-order valence-electron chi connectivity index (χ3n) is 1.87. The third kappa shape index (κ3) is 1.03. The lowest BCUT2D eigenvalue weighted by Gasteiger charge is -2.06. The first-order valence-corrected chi connectivity index (χ1v) is 3.70. The van der Waals surface area contributed by atoms with E-state index in [1.165, 1.54) is 0 Å². The Morgan fingerprint density at radius 3 is 3.17 bits per heavy atom. The van der Waals surface area contributed by atoms with Crippen LogP contribution in [-0.4, -0.2) is 22.4 Å². The Hall–Kier alpha value is -1.52. The molecule has 1 aliphatic rings. The first-order chi connectivity index (χ1) is 5.77. The second-order valence-electron chi connectivity index (χ2n) is 2.65. The van der Waals surface area contributed by atoms with E-state index in [4.69, 9.17) is 4.74 Å². The number of alkyl carbamates (subject to hydrolysis) is 1. The number of carbonyl (C=O) groups is 1. The Morgan fingerprint density at radius 2 is 2.67 bits per heavy atom. The molecule has 1 unspecified atom stereocenters. The molecule has 1 aromatic heterocycles. The molecule has 0 saturated carbocycles. The van der Waals surface area contributed by atoms with Crippen LogP contribution in [0.3, 0.4) is 0 Å². The van der Waals surface area contributed by atoms with Crippen LogP contribution in [0.15, 0.2) is 12.3 Å². The van der Waals surface area contributed by atoms with Crippen LogP contribution in [0.1, 0.15) is 11.8 Å². The van der Waals surface area contributed by atoms with Gasteiger partial charge in [-0.25, -0.2) is 4.79 Å². The Balaban J connectivity index is 2.21. The highest BCUT2D eigenvalue weighted by Crippen LogP contribution is 2.18. The topological polar surface area (TPSA) is 56.2 Å². The van der Waals surface area contributed by atoms with Crippen LogP contribution >= 0.6 is 0 Å². The van der Waals surface area contributed by atoms with Crippen LogP contribution in [0.2, 0.25) is 0 Å². The van der Waals surface area contributed by atoms with Crippen LogP contribution in [0.5, 0.6) is 0 Å². The number of cyclic esters (lactones) is 1. The zero-order valence-electron chi connectivity index (χ0n) is 6.65. The Labute approximate surface area is 69.3 Å². The van der Waals surface area contributed by atoms with Gasteiger partial charge in [-0.3, -0.25) is 4.68 Å². The SMILES string of the molecule is Cn1nccc1C1CNC(=O)O1. The number of rotatable bonds is 1. The van der Waals surface area contributed by atoms with Crippen molar-refractivity contribution in [3.05, 3.63) is 18.0 Å². The average molecular weight is 167 g/mol. The van der Waals surface area contributed by atoms with Crippen molar-refractivity contribution < 1.29 is 9.53 Å². The largest absolute Gasteiger partial charge is 0.438 e. The summed E-state index contributed by atoms with van der Waals surface area (Å²) >= 11 is 0. The van der Waals surface area contributed by atoms with Gasteiger partial charge in [0.05, 0.1) is 12.2 Å². The van der Waals surface area contributed by atoms with Crippen molar-refractivity contribution in [1.82, 2.24) is 15.1 Å². The highest BCUT2D eigenvalue weighted by Gasteiger charge is 2.25. The minimum absolute atomic E-state index is 0.190. The predicted molar refractivity (Wildman–Crippen MR) is 40.4 cm³/mol. The Kier molecular flexibility index (Phi) is 1.49. The molecule has 5 nitrogen and oxygen atoms in total. The van der Waals surface area contributed by atoms with Crippen LogP contribution < -0.4 is 5.32 Å². The molecule has 1 saturated heterocycles. The van der Waals surface area contributed by atoms with E-state index in [1.807, 2.05) is 13.1 Å². The van der Waals surface area contributed by atoms with Gasteiger partial charge < -0.3 is 10.1 Å². The molecular formula is C7H9N3O2. The minimum Gasteiger partial charge on any atom is -0.438 e. The molecule has 1 aliphatic heterocycles. The smallest absolute Gasteiger partial charge is 0.408 e. The average Bonchev–Trinajstić information content (AvgIpc) is 2.58. The Morgan fingerprint density at radius 1 is 1.83 bits per heavy atom. The number of hydrogen-bond donors (Lipinski definition) is 1. The fourth-order valence-electron chi connectivity index (χ4n) is 1.25. The molecule has 0 spiro atoms. The van der Waals surface area contributed by atoms with E-state index in [0.717, 1.165) is 5.69 Å². The van der Waals surface area contributed by atoms with Gasteiger partial charge in [0.1, 0.15) is 0 Å². The number of amides is 1. The van der Waals surface area contributed by atoms with Crippen molar-refractivity contribution >= 4 is 6.09 Å². The van der Waals surface area contributed by atoms with Gasteiger partial charge in [-0.15, -0.1) is 0 Å². The van der Waals surface area contributed by atoms with Gasteiger partial charge in [-0.1, -0.05) is 0 Å². The first-order valence-electron chi connectivity index (χ1n) is 3.70. The van der Waals surface area contributed by atoms with Gasteiger partial charge >= 0.3 is 6.09 Å². The summed E-state index contributed by atoms with van der Waals surface area (Å²) in [4.78, 5) is 10.7. The summed E-state index contributed by atoms with van der Waals surface area (Å²) in [5, 5.41) is 6.57. The van der Waals surface area contributed by atoms with Crippen LogP contribution in [0.25, 0.3) is 0 Å². The molecule has 1 amide bonds. The first kappa shape index (κ1) is 7.15. The van der Waals surface area contributed by atoms with Crippen molar-refractivity contribution in [2.24, 2.45) is 7.05 Å². The molecule has 2 rings (SSSR count). The van der Waals surface area contributed by atoms with E-state index >= 15 is 0 Å². The van der Waals surface area contributed by atoms with Crippen LogP contribution in [0, 0.1) is 0 Å². The van der Waals surface area contributed by atoms with Gasteiger partial charge in [-0.2, -0.15) is 5.10 Å². The van der Waals surface area contributed by atoms with E-state index in [-0.39, 0.29) is 12.2 Å².